The number of alkyl halides is 3. The number of aromatic nitrogens is 4. The van der Waals surface area contributed by atoms with E-state index in [2.05, 4.69) is 20.3 Å². The Bertz CT molecular complexity index is 1450. The van der Waals surface area contributed by atoms with Crippen molar-refractivity contribution >= 4 is 23.0 Å². The van der Waals surface area contributed by atoms with E-state index in [-0.39, 0.29) is 23.6 Å². The lowest BCUT2D eigenvalue weighted by atomic mass is 9.88. The van der Waals surface area contributed by atoms with E-state index in [9.17, 15) is 23.1 Å². The third kappa shape index (κ3) is 5.58. The highest BCUT2D eigenvalue weighted by atomic mass is 19.4. The molecule has 194 valence electrons. The van der Waals surface area contributed by atoms with Crippen LogP contribution in [0, 0.1) is 12.3 Å². The monoisotopic (exact) mass is 511 g/mol. The number of nitrogens with one attached hydrogen (secondary N) is 1. The van der Waals surface area contributed by atoms with Crippen LogP contribution in [0.5, 0.6) is 0 Å². The molecule has 0 aliphatic carbocycles. The molecule has 7 nitrogen and oxygen atoms in total. The van der Waals surface area contributed by atoms with Gasteiger partial charge in [0.25, 0.3) is 0 Å². The number of aryl methyl sites for hydroxylation is 1. The molecule has 2 aromatic heterocycles. The Morgan fingerprint density at radius 2 is 1.73 bits per heavy atom. The van der Waals surface area contributed by atoms with E-state index in [0.29, 0.717) is 22.7 Å². The highest BCUT2D eigenvalue weighted by Gasteiger charge is 2.30. The number of hydrogen-bond donors (Lipinski definition) is 2. The summed E-state index contributed by atoms with van der Waals surface area (Å²) in [5.41, 5.74) is 2.09. The molecule has 0 bridgehead atoms. The standard InChI is InChI=1S/C27H28F3N5O2/c1-15-7-6-8-18(13-15)24-34-22-20(35(24)14-17-9-11-19(12-10-17)27(28,29)30)21(31-16(2)26(3,4)5)32-23(33-22)25(36)37/h6-13,16H,14H2,1-5H3,(H,36,37)(H,31,32,33)/t16-/m0/s1. The summed E-state index contributed by atoms with van der Waals surface area (Å²) in [6, 6.07) is 12.4. The molecular formula is C27H28F3N5O2. The third-order valence-corrected chi connectivity index (χ3v) is 6.34. The van der Waals surface area contributed by atoms with Gasteiger partial charge in [0.1, 0.15) is 11.3 Å². The minimum absolute atomic E-state index is 0.107. The number of imidazole rings is 1. The van der Waals surface area contributed by atoms with E-state index in [4.69, 9.17) is 0 Å². The molecule has 2 N–H and O–H groups in total. The van der Waals surface area contributed by atoms with Crippen molar-refractivity contribution in [3.8, 4) is 11.4 Å². The molecule has 0 aliphatic rings. The molecule has 4 rings (SSSR count). The molecule has 0 saturated heterocycles. The lowest BCUT2D eigenvalue weighted by Crippen LogP contribution is -2.31. The van der Waals surface area contributed by atoms with Gasteiger partial charge in [0.05, 0.1) is 5.56 Å². The van der Waals surface area contributed by atoms with E-state index in [0.717, 1.165) is 23.3 Å². The quantitative estimate of drug-likeness (QED) is 0.311. The second-order valence-corrected chi connectivity index (χ2v) is 10.2. The summed E-state index contributed by atoms with van der Waals surface area (Å²) in [7, 11) is 0. The van der Waals surface area contributed by atoms with Crippen LogP contribution >= 0.6 is 0 Å². The van der Waals surface area contributed by atoms with Crippen molar-refractivity contribution in [1.29, 1.82) is 0 Å². The molecule has 4 aromatic rings. The van der Waals surface area contributed by atoms with E-state index < -0.39 is 23.5 Å². The van der Waals surface area contributed by atoms with Crippen LogP contribution in [0.15, 0.2) is 48.5 Å². The van der Waals surface area contributed by atoms with Crippen molar-refractivity contribution in [2.45, 2.75) is 53.4 Å². The van der Waals surface area contributed by atoms with Crippen molar-refractivity contribution in [2.75, 3.05) is 5.32 Å². The van der Waals surface area contributed by atoms with E-state index in [1.807, 2.05) is 63.5 Å². The molecule has 0 spiro atoms. The topological polar surface area (TPSA) is 92.9 Å². The zero-order valence-electron chi connectivity index (χ0n) is 21.2. The number of carboxylic acids is 1. The first-order valence-electron chi connectivity index (χ1n) is 11.8. The van der Waals surface area contributed by atoms with E-state index >= 15 is 0 Å². The average Bonchev–Trinajstić information content (AvgIpc) is 3.16. The van der Waals surface area contributed by atoms with Gasteiger partial charge in [-0.1, -0.05) is 56.7 Å². The minimum Gasteiger partial charge on any atom is -0.475 e. The number of aromatic carboxylic acids is 1. The molecule has 37 heavy (non-hydrogen) atoms. The zero-order chi connectivity index (χ0) is 27.1. The molecular weight excluding hydrogens is 483 g/mol. The number of halogens is 3. The van der Waals surface area contributed by atoms with Gasteiger partial charge in [0.2, 0.25) is 5.82 Å². The Hall–Kier alpha value is -3.95. The Balaban J connectivity index is 1.95. The number of benzene rings is 2. The van der Waals surface area contributed by atoms with Crippen LogP contribution < -0.4 is 5.32 Å². The normalized spacial score (nSPS) is 13.1. The number of carboxylic acid groups (broad SMARTS) is 1. The summed E-state index contributed by atoms with van der Waals surface area (Å²) in [5.74, 6) is -0.890. The second-order valence-electron chi connectivity index (χ2n) is 10.2. The van der Waals surface area contributed by atoms with Gasteiger partial charge in [-0.2, -0.15) is 13.2 Å². The fourth-order valence-electron chi connectivity index (χ4n) is 3.79. The van der Waals surface area contributed by atoms with Crippen molar-refractivity contribution in [3.63, 3.8) is 0 Å². The predicted molar refractivity (Wildman–Crippen MR) is 136 cm³/mol. The summed E-state index contributed by atoms with van der Waals surface area (Å²) in [6.07, 6.45) is -4.44. The molecule has 0 aliphatic heterocycles. The predicted octanol–water partition coefficient (Wildman–Crippen LogP) is 6.41. The first-order valence-corrected chi connectivity index (χ1v) is 11.8. The number of fused-ring (bicyclic) bond motifs is 1. The first-order chi connectivity index (χ1) is 17.2. The van der Waals surface area contributed by atoms with Crippen molar-refractivity contribution < 1.29 is 23.1 Å². The van der Waals surface area contributed by atoms with Gasteiger partial charge in [0.15, 0.2) is 11.5 Å². The van der Waals surface area contributed by atoms with Crippen LogP contribution in [-0.2, 0) is 12.7 Å². The van der Waals surface area contributed by atoms with E-state index in [1.165, 1.54) is 12.1 Å². The number of hydrogen-bond acceptors (Lipinski definition) is 5. The number of rotatable bonds is 6. The minimum atomic E-state index is -4.44. The Labute approximate surface area is 212 Å². The molecule has 2 heterocycles. The van der Waals surface area contributed by atoms with Crippen LogP contribution in [0.2, 0.25) is 0 Å². The Morgan fingerprint density at radius 3 is 2.30 bits per heavy atom. The van der Waals surface area contributed by atoms with Crippen molar-refractivity contribution in [1.82, 2.24) is 19.5 Å². The van der Waals surface area contributed by atoms with Crippen molar-refractivity contribution in [3.05, 3.63) is 71.0 Å². The molecule has 0 fully saturated rings. The van der Waals surface area contributed by atoms with Crippen LogP contribution in [-0.4, -0.2) is 36.6 Å². The highest BCUT2D eigenvalue weighted by molar-refractivity contribution is 5.92. The smallest absolute Gasteiger partial charge is 0.416 e. The zero-order valence-corrected chi connectivity index (χ0v) is 21.2. The molecule has 10 heteroatoms. The van der Waals surface area contributed by atoms with E-state index in [1.54, 1.807) is 0 Å². The van der Waals surface area contributed by atoms with Gasteiger partial charge in [-0.15, -0.1) is 0 Å². The number of anilines is 1. The van der Waals surface area contributed by atoms with Crippen LogP contribution in [0.25, 0.3) is 22.6 Å². The number of carbonyl (C=O) groups is 1. The Morgan fingerprint density at radius 1 is 1.05 bits per heavy atom. The van der Waals surface area contributed by atoms with Gasteiger partial charge in [-0.3, -0.25) is 0 Å². The van der Waals surface area contributed by atoms with Gasteiger partial charge < -0.3 is 15.0 Å². The highest BCUT2D eigenvalue weighted by Crippen LogP contribution is 2.33. The van der Waals surface area contributed by atoms with Gasteiger partial charge >= 0.3 is 12.1 Å². The summed E-state index contributed by atoms with van der Waals surface area (Å²) in [4.78, 5) is 25.0. The molecule has 0 saturated carbocycles. The lowest BCUT2D eigenvalue weighted by molar-refractivity contribution is -0.137. The maximum atomic E-state index is 13.1. The lowest BCUT2D eigenvalue weighted by Gasteiger charge is -2.29. The van der Waals surface area contributed by atoms with Gasteiger partial charge in [-0.05, 0) is 43.0 Å². The van der Waals surface area contributed by atoms with Crippen LogP contribution in [0.1, 0.15) is 55.0 Å². The molecule has 1 atom stereocenters. The maximum Gasteiger partial charge on any atom is 0.416 e. The average molecular weight is 512 g/mol. The molecule has 0 amide bonds. The van der Waals surface area contributed by atoms with Crippen LogP contribution in [0.4, 0.5) is 19.0 Å². The third-order valence-electron chi connectivity index (χ3n) is 6.34. The summed E-state index contributed by atoms with van der Waals surface area (Å²) in [6.45, 7) is 10.2. The fraction of sp³-hybridized carbons (Fsp3) is 0.333. The molecule has 0 unspecified atom stereocenters. The number of nitrogens with zero attached hydrogens (tertiary/aromatic N) is 4. The Kier molecular flexibility index (Phi) is 6.70. The fourth-order valence-corrected chi connectivity index (χ4v) is 3.79. The maximum absolute atomic E-state index is 13.1. The summed E-state index contributed by atoms with van der Waals surface area (Å²) >= 11 is 0. The molecule has 0 radical (unpaired) electrons. The SMILES string of the molecule is Cc1cccc(-c2nc3nc(C(=O)O)nc(N[C@@H](C)C(C)(C)C)c3n2Cc2ccc(C(F)(F)F)cc2)c1. The van der Waals surface area contributed by atoms with Crippen molar-refractivity contribution in [2.24, 2.45) is 5.41 Å². The van der Waals surface area contributed by atoms with Gasteiger partial charge in [0, 0.05) is 18.2 Å². The summed E-state index contributed by atoms with van der Waals surface area (Å²) < 4.78 is 41.2. The first kappa shape index (κ1) is 26.1. The summed E-state index contributed by atoms with van der Waals surface area (Å²) in [5, 5.41) is 13.0. The van der Waals surface area contributed by atoms with Gasteiger partial charge in [-0.25, -0.2) is 19.7 Å². The van der Waals surface area contributed by atoms with Crippen LogP contribution in [0.3, 0.4) is 0 Å². The largest absolute Gasteiger partial charge is 0.475 e. The second kappa shape index (κ2) is 9.49. The molecule has 2 aromatic carbocycles.